The van der Waals surface area contributed by atoms with Gasteiger partial charge in [0.25, 0.3) is 5.69 Å². The number of hydrogen-bond donors (Lipinski definition) is 2. The zero-order chi connectivity index (χ0) is 15.5. The van der Waals surface area contributed by atoms with E-state index in [0.29, 0.717) is 12.3 Å². The fourth-order valence-corrected chi connectivity index (χ4v) is 2.01. The van der Waals surface area contributed by atoms with Gasteiger partial charge in [0.2, 0.25) is 0 Å². The Morgan fingerprint density at radius 1 is 1.36 bits per heavy atom. The number of non-ortho nitro benzene ring substituents is 1. The first-order valence-corrected chi connectivity index (χ1v) is 6.60. The number of rotatable bonds is 6. The molecule has 1 unspecified atom stereocenters. The van der Waals surface area contributed by atoms with Crippen LogP contribution in [0.2, 0.25) is 0 Å². The second-order valence-electron chi connectivity index (χ2n) is 5.42. The average Bonchev–Trinajstić information content (AvgIpc) is 2.98. The third-order valence-corrected chi connectivity index (χ3v) is 3.37. The van der Waals surface area contributed by atoms with Crippen LogP contribution in [0.5, 0.6) is 0 Å². The first-order chi connectivity index (χ1) is 9.90. The molecule has 0 spiro atoms. The summed E-state index contributed by atoms with van der Waals surface area (Å²) < 4.78 is 5.20. The van der Waals surface area contributed by atoms with Crippen LogP contribution in [0.4, 0.5) is 5.69 Å². The van der Waals surface area contributed by atoms with E-state index in [4.69, 9.17) is 4.42 Å². The fraction of sp³-hybridized carbons (Fsp3) is 0.333. The van der Waals surface area contributed by atoms with E-state index in [2.05, 4.69) is 5.32 Å². The van der Waals surface area contributed by atoms with E-state index in [-0.39, 0.29) is 18.1 Å². The molecule has 22 heavy (non-hydrogen) atoms. The highest BCUT2D eigenvalue weighted by molar-refractivity contribution is 5.85. The first kappa shape index (κ1) is 18.2. The molecule has 0 aliphatic rings. The van der Waals surface area contributed by atoms with Gasteiger partial charge in [0, 0.05) is 24.2 Å². The summed E-state index contributed by atoms with van der Waals surface area (Å²) in [7, 11) is 0. The Kier molecular flexibility index (Phi) is 6.11. The molecular weight excluding hydrogens is 308 g/mol. The van der Waals surface area contributed by atoms with E-state index in [1.807, 2.05) is 13.8 Å². The molecular formula is C15H19ClN2O4. The maximum atomic E-state index is 10.8. The fourth-order valence-electron chi connectivity index (χ4n) is 2.01. The normalized spacial score (nSPS) is 12.5. The zero-order valence-electron chi connectivity index (χ0n) is 12.4. The Bertz CT molecular complexity index is 614. The van der Waals surface area contributed by atoms with Gasteiger partial charge in [-0.1, -0.05) is 12.1 Å². The van der Waals surface area contributed by atoms with Crippen LogP contribution in [0.3, 0.4) is 0 Å². The molecule has 0 amide bonds. The van der Waals surface area contributed by atoms with Gasteiger partial charge in [-0.15, -0.1) is 12.4 Å². The monoisotopic (exact) mass is 326 g/mol. The molecule has 2 aromatic rings. The molecule has 1 aromatic carbocycles. The molecule has 0 aliphatic carbocycles. The van der Waals surface area contributed by atoms with Gasteiger partial charge in [0.15, 0.2) is 0 Å². The molecule has 0 bridgehead atoms. The van der Waals surface area contributed by atoms with Crippen molar-refractivity contribution >= 4 is 18.1 Å². The van der Waals surface area contributed by atoms with Crippen molar-refractivity contribution in [2.75, 3.05) is 0 Å². The van der Waals surface area contributed by atoms with Crippen molar-refractivity contribution < 1.29 is 14.4 Å². The Morgan fingerprint density at radius 2 is 2.09 bits per heavy atom. The number of hydrogen-bond acceptors (Lipinski definition) is 5. The Balaban J connectivity index is 0.00000242. The van der Waals surface area contributed by atoms with Crippen LogP contribution in [-0.4, -0.2) is 15.6 Å². The molecule has 1 heterocycles. The summed E-state index contributed by atoms with van der Waals surface area (Å²) in [5.74, 6) is 0.478. The van der Waals surface area contributed by atoms with E-state index in [9.17, 15) is 15.2 Å². The number of aliphatic hydroxyl groups is 1. The molecule has 0 saturated heterocycles. The molecule has 6 nitrogen and oxygen atoms in total. The van der Waals surface area contributed by atoms with Crippen LogP contribution >= 0.6 is 12.4 Å². The number of nitro groups is 1. The van der Waals surface area contributed by atoms with E-state index in [1.54, 1.807) is 24.3 Å². The van der Waals surface area contributed by atoms with Gasteiger partial charge < -0.3 is 14.8 Å². The smallest absolute Gasteiger partial charge is 0.269 e. The highest BCUT2D eigenvalue weighted by Gasteiger charge is 2.30. The highest BCUT2D eigenvalue weighted by Crippen LogP contribution is 2.26. The van der Waals surface area contributed by atoms with Crippen LogP contribution in [-0.2, 0) is 6.54 Å². The van der Waals surface area contributed by atoms with Gasteiger partial charge >= 0.3 is 0 Å². The van der Waals surface area contributed by atoms with Gasteiger partial charge in [0.1, 0.15) is 11.9 Å². The molecule has 2 N–H and O–H groups in total. The zero-order valence-corrected chi connectivity index (χ0v) is 13.2. The molecule has 120 valence electrons. The first-order valence-electron chi connectivity index (χ1n) is 6.60. The van der Waals surface area contributed by atoms with E-state index >= 15 is 0 Å². The number of aliphatic hydroxyl groups excluding tert-OH is 1. The van der Waals surface area contributed by atoms with Crippen molar-refractivity contribution in [3.8, 4) is 0 Å². The van der Waals surface area contributed by atoms with Crippen molar-refractivity contribution in [2.24, 2.45) is 0 Å². The predicted molar refractivity (Wildman–Crippen MR) is 84.9 cm³/mol. The molecule has 0 aliphatic heterocycles. The van der Waals surface area contributed by atoms with Crippen LogP contribution in [0.25, 0.3) is 0 Å². The van der Waals surface area contributed by atoms with Crippen molar-refractivity contribution in [1.29, 1.82) is 0 Å². The second-order valence-corrected chi connectivity index (χ2v) is 5.42. The Labute approximate surface area is 134 Å². The molecule has 7 heteroatoms. The highest BCUT2D eigenvalue weighted by atomic mass is 35.5. The van der Waals surface area contributed by atoms with E-state index in [1.165, 1.54) is 18.4 Å². The predicted octanol–water partition coefficient (Wildman–Crippen LogP) is 3.21. The van der Waals surface area contributed by atoms with E-state index < -0.39 is 16.6 Å². The Hall–Kier alpha value is -1.89. The van der Waals surface area contributed by atoms with Crippen molar-refractivity contribution in [2.45, 2.75) is 32.0 Å². The number of nitro benzene ring substituents is 1. The van der Waals surface area contributed by atoms with Crippen LogP contribution in [0, 0.1) is 10.1 Å². The molecule has 1 aromatic heterocycles. The lowest BCUT2D eigenvalue weighted by atomic mass is 9.95. The van der Waals surface area contributed by atoms with Gasteiger partial charge in [-0.2, -0.15) is 0 Å². The summed E-state index contributed by atoms with van der Waals surface area (Å²) in [4.78, 5) is 10.3. The summed E-state index contributed by atoms with van der Waals surface area (Å²) >= 11 is 0. The van der Waals surface area contributed by atoms with Crippen LogP contribution < -0.4 is 5.32 Å². The lowest BCUT2D eigenvalue weighted by Gasteiger charge is -2.30. The SMILES string of the molecule is CC(C)(NCc1cccc([N+](=O)[O-])c1)C(O)c1ccco1.Cl. The molecule has 1 atom stereocenters. The standard InChI is InChI=1S/C15H18N2O4.ClH/c1-15(2,14(18)13-7-4-8-21-13)16-10-11-5-3-6-12(9-11)17(19)20;/h3-9,14,16,18H,10H2,1-2H3;1H. The number of benzene rings is 1. The minimum Gasteiger partial charge on any atom is -0.467 e. The summed E-state index contributed by atoms with van der Waals surface area (Å²) in [6.07, 6.45) is 0.695. The van der Waals surface area contributed by atoms with Gasteiger partial charge in [-0.05, 0) is 31.5 Å². The summed E-state index contributed by atoms with van der Waals surface area (Å²) in [6.45, 7) is 4.10. The molecule has 0 fully saturated rings. The number of nitrogens with zero attached hydrogens (tertiary/aromatic N) is 1. The van der Waals surface area contributed by atoms with Crippen molar-refractivity contribution in [3.05, 3.63) is 64.1 Å². The number of halogens is 1. The topological polar surface area (TPSA) is 88.5 Å². The lowest BCUT2D eigenvalue weighted by molar-refractivity contribution is -0.384. The lowest BCUT2D eigenvalue weighted by Crippen LogP contribution is -2.44. The van der Waals surface area contributed by atoms with Crippen LogP contribution in [0.15, 0.2) is 47.1 Å². The van der Waals surface area contributed by atoms with E-state index in [0.717, 1.165) is 5.56 Å². The second kappa shape index (κ2) is 7.40. The summed E-state index contributed by atoms with van der Waals surface area (Å²) in [6, 6.07) is 9.84. The average molecular weight is 327 g/mol. The maximum absolute atomic E-state index is 10.8. The molecule has 0 radical (unpaired) electrons. The largest absolute Gasteiger partial charge is 0.467 e. The van der Waals surface area contributed by atoms with Crippen molar-refractivity contribution in [1.82, 2.24) is 5.32 Å². The third-order valence-electron chi connectivity index (χ3n) is 3.37. The number of nitrogens with one attached hydrogen (secondary N) is 1. The maximum Gasteiger partial charge on any atom is 0.269 e. The van der Waals surface area contributed by atoms with Gasteiger partial charge in [0.05, 0.1) is 11.2 Å². The van der Waals surface area contributed by atoms with Crippen LogP contribution in [0.1, 0.15) is 31.3 Å². The Morgan fingerprint density at radius 3 is 2.68 bits per heavy atom. The summed E-state index contributed by atoms with van der Waals surface area (Å²) in [5, 5.41) is 24.2. The third kappa shape index (κ3) is 4.30. The molecule has 2 rings (SSSR count). The van der Waals surface area contributed by atoms with Gasteiger partial charge in [-0.3, -0.25) is 10.1 Å². The van der Waals surface area contributed by atoms with Crippen molar-refractivity contribution in [3.63, 3.8) is 0 Å². The minimum atomic E-state index is -0.814. The molecule has 0 saturated carbocycles. The minimum absolute atomic E-state index is 0. The quantitative estimate of drug-likeness (QED) is 0.628. The summed E-state index contributed by atoms with van der Waals surface area (Å²) in [5.41, 5.74) is 0.199. The number of furan rings is 1. The van der Waals surface area contributed by atoms with Gasteiger partial charge in [-0.25, -0.2) is 0 Å².